The van der Waals surface area contributed by atoms with Gasteiger partial charge in [-0.05, 0) is 48.0 Å². The van der Waals surface area contributed by atoms with E-state index in [1.807, 2.05) is 12.1 Å². The number of ether oxygens (including phenoxy) is 4. The average molecular weight is 430 g/mol. The van der Waals surface area contributed by atoms with Crippen LogP contribution in [0.5, 0.6) is 17.2 Å². The average Bonchev–Trinajstić information content (AvgIpc) is 3.24. The zero-order valence-corrected chi connectivity index (χ0v) is 17.4. The number of esters is 1. The normalized spacial score (nSPS) is 10.8. The molecule has 0 fully saturated rings. The van der Waals surface area contributed by atoms with Crippen molar-refractivity contribution in [3.8, 4) is 28.6 Å². The minimum absolute atomic E-state index is 0.0183. The Morgan fingerprint density at radius 2 is 1.70 bits per heavy atom. The summed E-state index contributed by atoms with van der Waals surface area (Å²) in [7, 11) is 4.57. The van der Waals surface area contributed by atoms with Crippen LogP contribution in [-0.2, 0) is 16.1 Å². The molecule has 30 heavy (non-hydrogen) atoms. The molecule has 0 radical (unpaired) electrons. The maximum atomic E-state index is 12.1. The molecular formula is C22H20ClNO6. The van der Waals surface area contributed by atoms with Gasteiger partial charge in [-0.2, -0.15) is 0 Å². The molecule has 0 spiro atoms. The van der Waals surface area contributed by atoms with Gasteiger partial charge >= 0.3 is 5.97 Å². The van der Waals surface area contributed by atoms with Gasteiger partial charge in [0.15, 0.2) is 17.3 Å². The Morgan fingerprint density at radius 3 is 2.30 bits per heavy atom. The fraction of sp³-hybridized carbons (Fsp3) is 0.182. The number of aromatic nitrogens is 1. The van der Waals surface area contributed by atoms with Gasteiger partial charge in [-0.3, -0.25) is 0 Å². The number of benzene rings is 2. The highest BCUT2D eigenvalue weighted by Crippen LogP contribution is 2.38. The molecule has 3 rings (SSSR count). The summed E-state index contributed by atoms with van der Waals surface area (Å²) in [5.74, 6) is 1.48. The predicted molar refractivity (Wildman–Crippen MR) is 112 cm³/mol. The number of carbonyl (C=O) groups excluding carboxylic acids is 1. The Balaban J connectivity index is 1.62. The topological polar surface area (TPSA) is 80.0 Å². The largest absolute Gasteiger partial charge is 0.493 e. The molecule has 0 aliphatic rings. The van der Waals surface area contributed by atoms with Crippen molar-refractivity contribution in [1.82, 2.24) is 5.16 Å². The van der Waals surface area contributed by atoms with E-state index >= 15 is 0 Å². The maximum Gasteiger partial charge on any atom is 0.331 e. The van der Waals surface area contributed by atoms with Crippen LogP contribution in [-0.4, -0.2) is 32.5 Å². The molecule has 0 saturated heterocycles. The number of hydrogen-bond donors (Lipinski definition) is 0. The summed E-state index contributed by atoms with van der Waals surface area (Å²) in [5.41, 5.74) is 2.01. The van der Waals surface area contributed by atoms with Crippen molar-refractivity contribution in [2.75, 3.05) is 21.3 Å². The molecule has 0 saturated carbocycles. The fourth-order valence-electron chi connectivity index (χ4n) is 2.69. The molecule has 156 valence electrons. The van der Waals surface area contributed by atoms with Crippen molar-refractivity contribution in [3.63, 3.8) is 0 Å². The monoisotopic (exact) mass is 429 g/mol. The first-order valence-corrected chi connectivity index (χ1v) is 9.28. The lowest BCUT2D eigenvalue weighted by Crippen LogP contribution is -2.01. The van der Waals surface area contributed by atoms with E-state index in [1.54, 1.807) is 36.4 Å². The number of rotatable bonds is 8. The van der Waals surface area contributed by atoms with E-state index in [1.165, 1.54) is 27.4 Å². The van der Waals surface area contributed by atoms with Crippen molar-refractivity contribution in [3.05, 3.63) is 64.8 Å². The molecule has 7 nitrogen and oxygen atoms in total. The Kier molecular flexibility index (Phi) is 6.98. The third-order valence-electron chi connectivity index (χ3n) is 4.15. The molecule has 3 aromatic rings. The summed E-state index contributed by atoms with van der Waals surface area (Å²) < 4.78 is 26.4. The third kappa shape index (κ3) is 5.12. The van der Waals surface area contributed by atoms with Gasteiger partial charge in [-0.15, -0.1) is 0 Å². The smallest absolute Gasteiger partial charge is 0.331 e. The van der Waals surface area contributed by atoms with E-state index < -0.39 is 5.97 Å². The molecule has 2 aromatic carbocycles. The molecule has 0 unspecified atom stereocenters. The Bertz CT molecular complexity index is 1020. The lowest BCUT2D eigenvalue weighted by molar-refractivity contribution is -0.139. The first-order valence-electron chi connectivity index (χ1n) is 8.90. The highest BCUT2D eigenvalue weighted by atomic mass is 35.5. The van der Waals surface area contributed by atoms with Crippen molar-refractivity contribution in [2.45, 2.75) is 6.61 Å². The summed E-state index contributed by atoms with van der Waals surface area (Å²) in [6.07, 6.45) is 2.90. The minimum Gasteiger partial charge on any atom is -0.493 e. The van der Waals surface area contributed by atoms with Crippen LogP contribution in [0, 0.1) is 0 Å². The molecular weight excluding hydrogens is 410 g/mol. The number of carbonyl (C=O) groups is 1. The molecule has 0 aliphatic heterocycles. The van der Waals surface area contributed by atoms with Crippen LogP contribution in [0.3, 0.4) is 0 Å². The lowest BCUT2D eigenvalue weighted by atomic mass is 10.1. The second-order valence-electron chi connectivity index (χ2n) is 6.09. The molecule has 0 amide bonds. The summed E-state index contributed by atoms with van der Waals surface area (Å²) in [5, 5.41) is 4.54. The summed E-state index contributed by atoms with van der Waals surface area (Å²) in [6, 6.07) is 12.3. The fourth-order valence-corrected chi connectivity index (χ4v) is 2.81. The molecule has 0 N–H and O–H groups in total. The summed E-state index contributed by atoms with van der Waals surface area (Å²) in [4.78, 5) is 12.1. The van der Waals surface area contributed by atoms with Crippen molar-refractivity contribution in [1.29, 1.82) is 0 Å². The van der Waals surface area contributed by atoms with E-state index in [0.717, 1.165) is 5.56 Å². The number of halogens is 1. The zero-order chi connectivity index (χ0) is 21.5. The molecule has 1 heterocycles. The highest BCUT2D eigenvalue weighted by Gasteiger charge is 2.12. The van der Waals surface area contributed by atoms with Crippen LogP contribution in [0.2, 0.25) is 5.02 Å². The standard InChI is InChI=1S/C22H20ClNO6/c1-26-19-10-14(11-20(27-2)22(19)28-3)4-9-21(25)29-13-17-12-18(30-24-17)15-5-7-16(23)8-6-15/h4-12H,13H2,1-3H3/b9-4-. The number of methoxy groups -OCH3 is 3. The van der Waals surface area contributed by atoms with Crippen LogP contribution in [0.1, 0.15) is 11.3 Å². The third-order valence-corrected chi connectivity index (χ3v) is 4.40. The van der Waals surface area contributed by atoms with Gasteiger partial charge in [0.2, 0.25) is 5.75 Å². The lowest BCUT2D eigenvalue weighted by Gasteiger charge is -2.12. The predicted octanol–water partition coefficient (Wildman–Crippen LogP) is 4.78. The molecule has 0 bridgehead atoms. The van der Waals surface area contributed by atoms with Crippen LogP contribution in [0.25, 0.3) is 17.4 Å². The van der Waals surface area contributed by atoms with Gasteiger partial charge in [0.25, 0.3) is 0 Å². The van der Waals surface area contributed by atoms with Crippen LogP contribution < -0.4 is 14.2 Å². The van der Waals surface area contributed by atoms with Gasteiger partial charge in [0.1, 0.15) is 12.3 Å². The van der Waals surface area contributed by atoms with Gasteiger partial charge in [-0.25, -0.2) is 4.79 Å². The van der Waals surface area contributed by atoms with E-state index in [-0.39, 0.29) is 6.61 Å². The quantitative estimate of drug-likeness (QED) is 0.376. The van der Waals surface area contributed by atoms with E-state index in [0.29, 0.717) is 39.3 Å². The van der Waals surface area contributed by atoms with Gasteiger partial charge in [0.05, 0.1) is 21.3 Å². The first kappa shape index (κ1) is 21.3. The minimum atomic E-state index is -0.528. The summed E-state index contributed by atoms with van der Waals surface area (Å²) >= 11 is 5.88. The van der Waals surface area contributed by atoms with E-state index in [2.05, 4.69) is 5.16 Å². The second-order valence-corrected chi connectivity index (χ2v) is 6.53. The SMILES string of the molecule is COc1cc(/C=C\C(=O)OCc2cc(-c3ccc(Cl)cc3)on2)cc(OC)c1OC. The van der Waals surface area contributed by atoms with Gasteiger partial charge < -0.3 is 23.5 Å². The van der Waals surface area contributed by atoms with Crippen molar-refractivity contribution < 1.29 is 28.3 Å². The van der Waals surface area contributed by atoms with Crippen molar-refractivity contribution >= 4 is 23.6 Å². The van der Waals surface area contributed by atoms with Crippen molar-refractivity contribution in [2.24, 2.45) is 0 Å². The number of nitrogens with zero attached hydrogens (tertiary/aromatic N) is 1. The van der Waals surface area contributed by atoms with Crippen LogP contribution in [0.4, 0.5) is 0 Å². The zero-order valence-electron chi connectivity index (χ0n) is 16.7. The second kappa shape index (κ2) is 9.84. The number of hydrogen-bond acceptors (Lipinski definition) is 7. The summed E-state index contributed by atoms with van der Waals surface area (Å²) in [6.45, 7) is -0.0183. The Morgan fingerprint density at radius 1 is 1.03 bits per heavy atom. The van der Waals surface area contributed by atoms with Crippen LogP contribution in [0.15, 0.2) is 53.1 Å². The first-order chi connectivity index (χ1) is 14.5. The van der Waals surface area contributed by atoms with E-state index in [9.17, 15) is 4.79 Å². The maximum absolute atomic E-state index is 12.1. The van der Waals surface area contributed by atoms with Gasteiger partial charge in [-0.1, -0.05) is 16.8 Å². The highest BCUT2D eigenvalue weighted by molar-refractivity contribution is 6.30. The molecule has 8 heteroatoms. The van der Waals surface area contributed by atoms with Crippen LogP contribution >= 0.6 is 11.6 Å². The Labute approximate surface area is 178 Å². The molecule has 0 atom stereocenters. The van der Waals surface area contributed by atoms with E-state index in [4.69, 9.17) is 35.1 Å². The Hall–Kier alpha value is -3.45. The molecule has 1 aromatic heterocycles. The molecule has 0 aliphatic carbocycles. The van der Waals surface area contributed by atoms with Gasteiger partial charge in [0, 0.05) is 22.7 Å².